The van der Waals surface area contributed by atoms with Gasteiger partial charge in [-0.25, -0.2) is 0 Å². The Balaban J connectivity index is 1.54. The van der Waals surface area contributed by atoms with Gasteiger partial charge in [0.25, 0.3) is 0 Å². The number of nitrogens with zero attached hydrogens (tertiary/aromatic N) is 1. The number of hydrogen-bond donors (Lipinski definition) is 1. The molecule has 0 radical (unpaired) electrons. The van der Waals surface area contributed by atoms with E-state index in [1.165, 1.54) is 5.56 Å². The van der Waals surface area contributed by atoms with Gasteiger partial charge < -0.3 is 15.4 Å². The number of likely N-dealkylation sites (tertiary alicyclic amines) is 1. The second kappa shape index (κ2) is 6.57. The van der Waals surface area contributed by atoms with Gasteiger partial charge in [0.15, 0.2) is 0 Å². The molecule has 1 atom stereocenters. The van der Waals surface area contributed by atoms with E-state index in [0.717, 1.165) is 50.4 Å². The minimum Gasteiger partial charge on any atom is -0.377 e. The standard InChI is InChI=1S/C17H23ClN2O2/c18-14-3-1-13(2-4-14)9-15-10-17(12-22-15)5-7-20(8-6-17)16(21)11-19/h1-4,15H,5-12,19H2/t15-/m0/s1. The lowest BCUT2D eigenvalue weighted by atomic mass is 9.76. The smallest absolute Gasteiger partial charge is 0.236 e. The maximum atomic E-state index is 11.7. The molecule has 2 aliphatic heterocycles. The Bertz CT molecular complexity index is 524. The van der Waals surface area contributed by atoms with Gasteiger partial charge >= 0.3 is 0 Å². The molecular weight excluding hydrogens is 300 g/mol. The number of carbonyl (C=O) groups excluding carboxylic acids is 1. The molecule has 2 N–H and O–H groups in total. The third-order valence-corrected chi connectivity index (χ3v) is 5.27. The lowest BCUT2D eigenvalue weighted by Crippen LogP contribution is -2.45. The van der Waals surface area contributed by atoms with Crippen LogP contribution in [0.4, 0.5) is 0 Å². The number of amides is 1. The number of halogens is 1. The molecule has 2 saturated heterocycles. The molecule has 0 saturated carbocycles. The van der Waals surface area contributed by atoms with Gasteiger partial charge in [-0.1, -0.05) is 23.7 Å². The number of nitrogens with two attached hydrogens (primary N) is 1. The average molecular weight is 323 g/mol. The monoisotopic (exact) mass is 322 g/mol. The third-order valence-electron chi connectivity index (χ3n) is 5.01. The van der Waals surface area contributed by atoms with Gasteiger partial charge in [-0.15, -0.1) is 0 Å². The van der Waals surface area contributed by atoms with Crippen molar-refractivity contribution in [1.82, 2.24) is 4.90 Å². The summed E-state index contributed by atoms with van der Waals surface area (Å²) in [4.78, 5) is 13.5. The molecule has 1 amide bonds. The molecule has 0 unspecified atom stereocenters. The van der Waals surface area contributed by atoms with Crippen molar-refractivity contribution in [3.05, 3.63) is 34.9 Å². The maximum Gasteiger partial charge on any atom is 0.236 e. The summed E-state index contributed by atoms with van der Waals surface area (Å²) >= 11 is 5.92. The second-order valence-corrected chi connectivity index (χ2v) is 6.99. The summed E-state index contributed by atoms with van der Waals surface area (Å²) in [5.74, 6) is 0.0616. The normalized spacial score (nSPS) is 23.9. The van der Waals surface area contributed by atoms with E-state index in [-0.39, 0.29) is 24.0 Å². The van der Waals surface area contributed by atoms with Gasteiger partial charge in [0.2, 0.25) is 5.91 Å². The Morgan fingerprint density at radius 2 is 2.00 bits per heavy atom. The summed E-state index contributed by atoms with van der Waals surface area (Å²) in [6.07, 6.45) is 4.34. The fourth-order valence-corrected chi connectivity index (χ4v) is 3.74. The van der Waals surface area contributed by atoms with Gasteiger partial charge in [0.05, 0.1) is 19.3 Å². The van der Waals surface area contributed by atoms with E-state index in [1.807, 2.05) is 17.0 Å². The SMILES string of the molecule is NCC(=O)N1CCC2(CC1)CO[C@@H](Cc1ccc(Cl)cc1)C2. The summed E-state index contributed by atoms with van der Waals surface area (Å²) in [6.45, 7) is 2.55. The first-order valence-corrected chi connectivity index (χ1v) is 8.32. The molecule has 1 spiro atoms. The van der Waals surface area contributed by atoms with Crippen LogP contribution in [-0.4, -0.2) is 43.2 Å². The van der Waals surface area contributed by atoms with Crippen molar-refractivity contribution >= 4 is 17.5 Å². The highest BCUT2D eigenvalue weighted by atomic mass is 35.5. The summed E-state index contributed by atoms with van der Waals surface area (Å²) in [5, 5.41) is 0.768. The van der Waals surface area contributed by atoms with Crippen molar-refractivity contribution in [1.29, 1.82) is 0 Å². The van der Waals surface area contributed by atoms with Gasteiger partial charge in [-0.2, -0.15) is 0 Å². The van der Waals surface area contributed by atoms with Crippen LogP contribution in [0.3, 0.4) is 0 Å². The molecule has 1 aromatic rings. The summed E-state index contributed by atoms with van der Waals surface area (Å²) in [7, 11) is 0. The van der Waals surface area contributed by atoms with Crippen LogP contribution in [0.1, 0.15) is 24.8 Å². The summed E-state index contributed by atoms with van der Waals surface area (Å²) in [6, 6.07) is 8.00. The minimum absolute atomic E-state index is 0.0616. The molecule has 2 heterocycles. The molecule has 22 heavy (non-hydrogen) atoms. The zero-order valence-corrected chi connectivity index (χ0v) is 13.5. The first-order chi connectivity index (χ1) is 10.6. The highest BCUT2D eigenvalue weighted by molar-refractivity contribution is 6.30. The van der Waals surface area contributed by atoms with Crippen molar-refractivity contribution < 1.29 is 9.53 Å². The predicted molar refractivity (Wildman–Crippen MR) is 86.8 cm³/mol. The highest BCUT2D eigenvalue weighted by Crippen LogP contribution is 2.42. The van der Waals surface area contributed by atoms with Crippen LogP contribution < -0.4 is 5.73 Å². The lowest BCUT2D eigenvalue weighted by Gasteiger charge is -2.38. The quantitative estimate of drug-likeness (QED) is 0.928. The zero-order chi connectivity index (χ0) is 15.6. The van der Waals surface area contributed by atoms with E-state index in [1.54, 1.807) is 0 Å². The molecule has 0 aliphatic carbocycles. The number of carbonyl (C=O) groups is 1. The van der Waals surface area contributed by atoms with E-state index >= 15 is 0 Å². The van der Waals surface area contributed by atoms with Crippen LogP contribution in [0.2, 0.25) is 5.02 Å². The Kier molecular flexibility index (Phi) is 4.71. The zero-order valence-electron chi connectivity index (χ0n) is 12.8. The Morgan fingerprint density at radius 3 is 2.64 bits per heavy atom. The van der Waals surface area contributed by atoms with Crippen molar-refractivity contribution in [3.8, 4) is 0 Å². The van der Waals surface area contributed by atoms with E-state index in [2.05, 4.69) is 12.1 Å². The molecule has 2 fully saturated rings. The van der Waals surface area contributed by atoms with E-state index in [9.17, 15) is 4.79 Å². The Labute approximate surface area is 136 Å². The topological polar surface area (TPSA) is 55.6 Å². The van der Waals surface area contributed by atoms with E-state index < -0.39 is 0 Å². The molecule has 1 aromatic carbocycles. The van der Waals surface area contributed by atoms with Gasteiger partial charge in [-0.3, -0.25) is 4.79 Å². The van der Waals surface area contributed by atoms with Crippen LogP contribution in [0.25, 0.3) is 0 Å². The van der Waals surface area contributed by atoms with Crippen LogP contribution in [-0.2, 0) is 16.0 Å². The summed E-state index contributed by atoms with van der Waals surface area (Å²) < 4.78 is 6.04. The van der Waals surface area contributed by atoms with Crippen molar-refractivity contribution in [2.45, 2.75) is 31.8 Å². The first kappa shape index (κ1) is 15.8. The maximum absolute atomic E-state index is 11.7. The van der Waals surface area contributed by atoms with E-state index in [4.69, 9.17) is 22.1 Å². The molecule has 0 bridgehead atoms. The van der Waals surface area contributed by atoms with Crippen molar-refractivity contribution in [3.63, 3.8) is 0 Å². The molecular formula is C17H23ClN2O2. The molecule has 120 valence electrons. The number of piperidine rings is 1. The number of rotatable bonds is 3. The van der Waals surface area contributed by atoms with Gasteiger partial charge in [0, 0.05) is 18.1 Å². The Morgan fingerprint density at radius 1 is 1.32 bits per heavy atom. The molecule has 3 rings (SSSR count). The predicted octanol–water partition coefficient (Wildman–Crippen LogP) is 2.24. The largest absolute Gasteiger partial charge is 0.377 e. The van der Waals surface area contributed by atoms with Crippen LogP contribution >= 0.6 is 11.6 Å². The Hall–Kier alpha value is -1.10. The number of ether oxygens (including phenoxy) is 1. The first-order valence-electron chi connectivity index (χ1n) is 7.94. The van der Waals surface area contributed by atoms with Crippen LogP contribution in [0.5, 0.6) is 0 Å². The van der Waals surface area contributed by atoms with Crippen molar-refractivity contribution in [2.24, 2.45) is 11.1 Å². The van der Waals surface area contributed by atoms with Crippen LogP contribution in [0, 0.1) is 5.41 Å². The molecule has 4 nitrogen and oxygen atoms in total. The number of hydrogen-bond acceptors (Lipinski definition) is 3. The average Bonchev–Trinajstić information content (AvgIpc) is 2.92. The second-order valence-electron chi connectivity index (χ2n) is 6.55. The van der Waals surface area contributed by atoms with E-state index in [0.29, 0.717) is 0 Å². The fraction of sp³-hybridized carbons (Fsp3) is 0.588. The van der Waals surface area contributed by atoms with Gasteiger partial charge in [0.1, 0.15) is 0 Å². The molecule has 5 heteroatoms. The van der Waals surface area contributed by atoms with Crippen molar-refractivity contribution in [2.75, 3.05) is 26.2 Å². The minimum atomic E-state index is 0.0616. The number of benzene rings is 1. The van der Waals surface area contributed by atoms with Gasteiger partial charge in [-0.05, 0) is 48.8 Å². The highest BCUT2D eigenvalue weighted by Gasteiger charge is 2.42. The third kappa shape index (κ3) is 3.45. The fourth-order valence-electron chi connectivity index (χ4n) is 3.62. The lowest BCUT2D eigenvalue weighted by molar-refractivity contribution is -0.132. The van der Waals surface area contributed by atoms with Crippen LogP contribution in [0.15, 0.2) is 24.3 Å². The molecule has 2 aliphatic rings. The summed E-state index contributed by atoms with van der Waals surface area (Å²) in [5.41, 5.74) is 6.96. The molecule has 0 aromatic heterocycles.